The zero-order valence-corrected chi connectivity index (χ0v) is 7.13. The molecule has 0 heterocycles. The number of amides is 1. The van der Waals surface area contributed by atoms with Crippen molar-refractivity contribution in [3.05, 3.63) is 12.2 Å². The highest BCUT2D eigenvalue weighted by atomic mass is 16.1. The molecular formula is C9H15NO. The number of hydrogen-bond donors (Lipinski definition) is 1. The second-order valence-corrected chi connectivity index (χ2v) is 3.09. The summed E-state index contributed by atoms with van der Waals surface area (Å²) in [5.74, 6) is 0.788. The molecule has 0 saturated heterocycles. The number of rotatable bonds is 1. The Morgan fingerprint density at radius 2 is 2.36 bits per heavy atom. The van der Waals surface area contributed by atoms with Crippen LogP contribution in [0.15, 0.2) is 12.2 Å². The Balaban J connectivity index is 2.57. The average Bonchev–Trinajstić information content (AvgIpc) is 2.04. The van der Waals surface area contributed by atoms with Crippen LogP contribution < -0.4 is 5.32 Å². The minimum absolute atomic E-state index is 0.182. The molecule has 0 bridgehead atoms. The van der Waals surface area contributed by atoms with E-state index < -0.39 is 0 Å². The van der Waals surface area contributed by atoms with Gasteiger partial charge in [-0.15, -0.1) is 0 Å². The Labute approximate surface area is 67.7 Å². The molecule has 1 aliphatic rings. The van der Waals surface area contributed by atoms with E-state index in [9.17, 15) is 4.79 Å². The number of allylic oxidation sites excluding steroid dienone is 2. The monoisotopic (exact) mass is 153 g/mol. The normalized spacial score (nSPS) is 30.0. The van der Waals surface area contributed by atoms with Crippen LogP contribution in [0.5, 0.6) is 0 Å². The SMILES string of the molecule is CNC(=O)C1CCC=CC1C. The number of hydrogen-bond acceptors (Lipinski definition) is 1. The van der Waals surface area contributed by atoms with E-state index in [2.05, 4.69) is 24.4 Å². The van der Waals surface area contributed by atoms with Gasteiger partial charge in [0, 0.05) is 13.0 Å². The first-order chi connectivity index (χ1) is 5.25. The van der Waals surface area contributed by atoms with Crippen LogP contribution in [0.25, 0.3) is 0 Å². The van der Waals surface area contributed by atoms with Crippen LogP contribution in [0.4, 0.5) is 0 Å². The molecule has 0 spiro atoms. The van der Waals surface area contributed by atoms with Gasteiger partial charge in [-0.25, -0.2) is 0 Å². The lowest BCUT2D eigenvalue weighted by Gasteiger charge is -2.22. The molecule has 0 aromatic carbocycles. The summed E-state index contributed by atoms with van der Waals surface area (Å²) in [6, 6.07) is 0. The van der Waals surface area contributed by atoms with Crippen molar-refractivity contribution in [2.75, 3.05) is 7.05 Å². The standard InChI is InChI=1S/C9H15NO/c1-7-5-3-4-6-8(7)9(11)10-2/h3,5,7-8H,4,6H2,1-2H3,(H,10,11). The highest BCUT2D eigenvalue weighted by molar-refractivity contribution is 5.78. The molecule has 0 aromatic rings. The van der Waals surface area contributed by atoms with Gasteiger partial charge >= 0.3 is 0 Å². The van der Waals surface area contributed by atoms with E-state index in [1.54, 1.807) is 7.05 Å². The molecule has 0 aromatic heterocycles. The van der Waals surface area contributed by atoms with Crippen molar-refractivity contribution in [2.45, 2.75) is 19.8 Å². The highest BCUT2D eigenvalue weighted by Gasteiger charge is 2.23. The molecule has 0 fully saturated rings. The summed E-state index contributed by atoms with van der Waals surface area (Å²) in [6.07, 6.45) is 6.33. The number of carbonyl (C=O) groups excluding carboxylic acids is 1. The van der Waals surface area contributed by atoms with Crippen LogP contribution in [0.3, 0.4) is 0 Å². The summed E-state index contributed by atoms with van der Waals surface area (Å²) in [4.78, 5) is 11.2. The van der Waals surface area contributed by atoms with Crippen LogP contribution >= 0.6 is 0 Å². The number of nitrogens with one attached hydrogen (secondary N) is 1. The van der Waals surface area contributed by atoms with E-state index in [1.807, 2.05) is 0 Å². The molecule has 2 unspecified atom stereocenters. The summed E-state index contributed by atoms with van der Waals surface area (Å²) >= 11 is 0. The van der Waals surface area contributed by atoms with Crippen molar-refractivity contribution in [1.82, 2.24) is 5.32 Å². The van der Waals surface area contributed by atoms with Gasteiger partial charge in [-0.1, -0.05) is 19.1 Å². The van der Waals surface area contributed by atoms with Crippen molar-refractivity contribution in [3.63, 3.8) is 0 Å². The van der Waals surface area contributed by atoms with E-state index in [0.717, 1.165) is 12.8 Å². The highest BCUT2D eigenvalue weighted by Crippen LogP contribution is 2.23. The molecule has 0 saturated carbocycles. The first-order valence-corrected chi connectivity index (χ1v) is 4.14. The molecule has 1 N–H and O–H groups in total. The van der Waals surface area contributed by atoms with Gasteiger partial charge in [0.25, 0.3) is 0 Å². The zero-order chi connectivity index (χ0) is 8.27. The largest absolute Gasteiger partial charge is 0.359 e. The van der Waals surface area contributed by atoms with E-state index in [1.165, 1.54) is 0 Å². The molecule has 2 heteroatoms. The Morgan fingerprint density at radius 1 is 1.64 bits per heavy atom. The van der Waals surface area contributed by atoms with E-state index in [4.69, 9.17) is 0 Å². The minimum atomic E-state index is 0.182. The lowest BCUT2D eigenvalue weighted by molar-refractivity contribution is -0.125. The zero-order valence-electron chi connectivity index (χ0n) is 7.13. The molecule has 62 valence electrons. The van der Waals surface area contributed by atoms with Gasteiger partial charge in [0.2, 0.25) is 5.91 Å². The molecule has 1 amide bonds. The van der Waals surface area contributed by atoms with Crippen LogP contribution in [0.2, 0.25) is 0 Å². The van der Waals surface area contributed by atoms with Crippen LogP contribution in [0, 0.1) is 11.8 Å². The first-order valence-electron chi connectivity index (χ1n) is 4.14. The van der Waals surface area contributed by atoms with Gasteiger partial charge < -0.3 is 5.32 Å². The molecule has 1 rings (SSSR count). The quantitative estimate of drug-likeness (QED) is 0.566. The molecule has 1 aliphatic carbocycles. The Hall–Kier alpha value is -0.790. The third-order valence-corrected chi connectivity index (χ3v) is 2.30. The maximum atomic E-state index is 11.2. The maximum absolute atomic E-state index is 11.2. The topological polar surface area (TPSA) is 29.1 Å². The fourth-order valence-corrected chi connectivity index (χ4v) is 1.54. The van der Waals surface area contributed by atoms with Crippen molar-refractivity contribution >= 4 is 5.91 Å². The lowest BCUT2D eigenvalue weighted by Crippen LogP contribution is -2.32. The summed E-state index contributed by atoms with van der Waals surface area (Å²) in [5, 5.41) is 2.69. The summed E-state index contributed by atoms with van der Waals surface area (Å²) in [6.45, 7) is 2.09. The summed E-state index contributed by atoms with van der Waals surface area (Å²) in [7, 11) is 1.70. The summed E-state index contributed by atoms with van der Waals surface area (Å²) in [5.41, 5.74) is 0. The van der Waals surface area contributed by atoms with Gasteiger partial charge in [-0.05, 0) is 18.8 Å². The Kier molecular flexibility index (Phi) is 2.69. The Bertz CT molecular complexity index is 174. The third-order valence-electron chi connectivity index (χ3n) is 2.30. The van der Waals surface area contributed by atoms with Crippen LogP contribution in [-0.4, -0.2) is 13.0 Å². The first kappa shape index (κ1) is 8.31. The van der Waals surface area contributed by atoms with E-state index >= 15 is 0 Å². The summed E-state index contributed by atoms with van der Waals surface area (Å²) < 4.78 is 0. The molecule has 2 atom stereocenters. The van der Waals surface area contributed by atoms with E-state index in [0.29, 0.717) is 5.92 Å². The second kappa shape index (κ2) is 3.56. The van der Waals surface area contributed by atoms with Gasteiger partial charge in [0.05, 0.1) is 0 Å². The second-order valence-electron chi connectivity index (χ2n) is 3.09. The average molecular weight is 153 g/mol. The van der Waals surface area contributed by atoms with Gasteiger partial charge in [-0.2, -0.15) is 0 Å². The molecule has 11 heavy (non-hydrogen) atoms. The maximum Gasteiger partial charge on any atom is 0.223 e. The van der Waals surface area contributed by atoms with Gasteiger partial charge in [0.1, 0.15) is 0 Å². The fourth-order valence-electron chi connectivity index (χ4n) is 1.54. The van der Waals surface area contributed by atoms with Gasteiger partial charge in [-0.3, -0.25) is 4.79 Å². The predicted molar refractivity (Wildman–Crippen MR) is 45.1 cm³/mol. The van der Waals surface area contributed by atoms with Gasteiger partial charge in [0.15, 0.2) is 0 Å². The molecule has 0 aliphatic heterocycles. The van der Waals surface area contributed by atoms with Crippen molar-refractivity contribution in [2.24, 2.45) is 11.8 Å². The Morgan fingerprint density at radius 3 is 2.91 bits per heavy atom. The molecular weight excluding hydrogens is 138 g/mol. The van der Waals surface area contributed by atoms with Crippen molar-refractivity contribution in [3.8, 4) is 0 Å². The lowest BCUT2D eigenvalue weighted by atomic mass is 9.85. The smallest absolute Gasteiger partial charge is 0.223 e. The van der Waals surface area contributed by atoms with E-state index in [-0.39, 0.29) is 11.8 Å². The van der Waals surface area contributed by atoms with Crippen molar-refractivity contribution in [1.29, 1.82) is 0 Å². The predicted octanol–water partition coefficient (Wildman–Crippen LogP) is 1.33. The van der Waals surface area contributed by atoms with Crippen LogP contribution in [0.1, 0.15) is 19.8 Å². The molecule has 2 nitrogen and oxygen atoms in total. The van der Waals surface area contributed by atoms with Crippen LogP contribution in [-0.2, 0) is 4.79 Å². The third kappa shape index (κ3) is 1.82. The van der Waals surface area contributed by atoms with Crippen molar-refractivity contribution < 1.29 is 4.79 Å². The fraction of sp³-hybridized carbons (Fsp3) is 0.667. The molecule has 0 radical (unpaired) electrons. The minimum Gasteiger partial charge on any atom is -0.359 e. The number of carbonyl (C=O) groups is 1.